The number of hydrogen-bond donors (Lipinski definition) is 2. The minimum Gasteiger partial charge on any atom is -0.339 e. The highest BCUT2D eigenvalue weighted by atomic mass is 16.2. The summed E-state index contributed by atoms with van der Waals surface area (Å²) in [5.41, 5.74) is 0.646. The van der Waals surface area contributed by atoms with E-state index in [1.165, 1.54) is 6.07 Å². The summed E-state index contributed by atoms with van der Waals surface area (Å²) in [7, 11) is 0. The number of pyridine rings is 1. The molecule has 1 heterocycles. The molecular weight excluding hydrogens is 228 g/mol. The van der Waals surface area contributed by atoms with E-state index in [-0.39, 0.29) is 17.5 Å². The number of fused-ring (bicyclic) bond motifs is 1. The third-order valence-corrected chi connectivity index (χ3v) is 2.59. The molecule has 0 saturated heterocycles. The van der Waals surface area contributed by atoms with Crippen LogP contribution in [-0.4, -0.2) is 16.9 Å². The molecule has 4 heteroatoms. The van der Waals surface area contributed by atoms with Gasteiger partial charge in [0.05, 0.1) is 11.6 Å². The maximum atomic E-state index is 12.0. The molecule has 0 aliphatic carbocycles. The number of terminal acetylenes is 1. The Morgan fingerprint density at radius 3 is 2.89 bits per heavy atom. The Balaban J connectivity index is 2.54. The number of nitrogens with one attached hydrogen (secondary N) is 2. The van der Waals surface area contributed by atoms with Crippen molar-refractivity contribution in [2.75, 3.05) is 0 Å². The minimum atomic E-state index is -0.379. The number of aromatic nitrogens is 1. The van der Waals surface area contributed by atoms with E-state index in [1.54, 1.807) is 25.1 Å². The average Bonchev–Trinajstić information content (AvgIpc) is 2.37. The van der Waals surface area contributed by atoms with Gasteiger partial charge in [-0.1, -0.05) is 24.1 Å². The van der Waals surface area contributed by atoms with Gasteiger partial charge in [-0.3, -0.25) is 9.59 Å². The normalized spacial score (nSPS) is 11.8. The summed E-state index contributed by atoms with van der Waals surface area (Å²) in [6.07, 6.45) is 5.21. The lowest BCUT2D eigenvalue weighted by Gasteiger charge is -2.09. The molecule has 0 fully saturated rings. The molecule has 2 aromatic rings. The number of hydrogen-bond acceptors (Lipinski definition) is 2. The fraction of sp³-hybridized carbons (Fsp3) is 0.143. The monoisotopic (exact) mass is 240 g/mol. The lowest BCUT2D eigenvalue weighted by atomic mass is 10.1. The van der Waals surface area contributed by atoms with Crippen molar-refractivity contribution < 1.29 is 4.79 Å². The predicted molar refractivity (Wildman–Crippen MR) is 70.3 cm³/mol. The number of carbonyl (C=O) groups is 1. The molecule has 1 atom stereocenters. The Labute approximate surface area is 104 Å². The van der Waals surface area contributed by atoms with Crippen LogP contribution in [-0.2, 0) is 0 Å². The topological polar surface area (TPSA) is 62.0 Å². The van der Waals surface area contributed by atoms with Crippen molar-refractivity contribution in [2.45, 2.75) is 13.0 Å². The quantitative estimate of drug-likeness (QED) is 0.777. The smallest absolute Gasteiger partial charge is 0.253 e. The van der Waals surface area contributed by atoms with Gasteiger partial charge in [0.1, 0.15) is 0 Å². The SMILES string of the molecule is C#CC(C)NC(=O)c1cc(=O)[nH]c2ccccc12. The largest absolute Gasteiger partial charge is 0.339 e. The predicted octanol–water partition coefficient (Wildman–Crippen LogP) is 1.28. The minimum absolute atomic E-state index is 0.313. The first-order valence-corrected chi connectivity index (χ1v) is 5.51. The van der Waals surface area contributed by atoms with Gasteiger partial charge in [0.25, 0.3) is 5.91 Å². The summed E-state index contributed by atoms with van der Waals surface area (Å²) in [4.78, 5) is 26.2. The van der Waals surface area contributed by atoms with E-state index in [1.807, 2.05) is 6.07 Å². The first-order chi connectivity index (χ1) is 8.61. The lowest BCUT2D eigenvalue weighted by molar-refractivity contribution is 0.0949. The standard InChI is InChI=1S/C14H12N2O2/c1-3-9(2)15-14(18)11-8-13(17)16-12-7-5-4-6-10(11)12/h1,4-9H,2H3,(H,15,18)(H,16,17). The van der Waals surface area contributed by atoms with Crippen molar-refractivity contribution >= 4 is 16.8 Å². The third-order valence-electron chi connectivity index (χ3n) is 2.59. The van der Waals surface area contributed by atoms with Crippen LogP contribution in [0.25, 0.3) is 10.9 Å². The van der Waals surface area contributed by atoms with Gasteiger partial charge in [-0.25, -0.2) is 0 Å². The van der Waals surface area contributed by atoms with Crippen molar-refractivity contribution in [3.63, 3.8) is 0 Å². The molecule has 1 aromatic heterocycles. The van der Waals surface area contributed by atoms with Gasteiger partial charge in [0, 0.05) is 17.0 Å². The molecule has 0 aliphatic rings. The van der Waals surface area contributed by atoms with E-state index in [4.69, 9.17) is 6.42 Å². The lowest BCUT2D eigenvalue weighted by Crippen LogP contribution is -2.32. The van der Waals surface area contributed by atoms with Crippen molar-refractivity contribution in [3.05, 3.63) is 46.2 Å². The second kappa shape index (κ2) is 4.76. The molecule has 0 bridgehead atoms. The fourth-order valence-electron chi connectivity index (χ4n) is 1.71. The van der Waals surface area contributed by atoms with Gasteiger partial charge in [0.2, 0.25) is 5.56 Å². The second-order valence-corrected chi connectivity index (χ2v) is 3.95. The molecule has 90 valence electrons. The fourth-order valence-corrected chi connectivity index (χ4v) is 1.71. The van der Waals surface area contributed by atoms with E-state index in [9.17, 15) is 9.59 Å². The zero-order valence-electron chi connectivity index (χ0n) is 9.86. The van der Waals surface area contributed by atoms with Crippen LogP contribution in [0.15, 0.2) is 35.1 Å². The molecule has 0 spiro atoms. The molecule has 1 aromatic carbocycles. The van der Waals surface area contributed by atoms with Crippen LogP contribution < -0.4 is 10.9 Å². The molecule has 4 nitrogen and oxygen atoms in total. The van der Waals surface area contributed by atoms with E-state index in [2.05, 4.69) is 16.2 Å². The summed E-state index contributed by atoms with van der Waals surface area (Å²) < 4.78 is 0. The van der Waals surface area contributed by atoms with Gasteiger partial charge >= 0.3 is 0 Å². The first kappa shape index (κ1) is 11.9. The number of aromatic amines is 1. The van der Waals surface area contributed by atoms with Crippen molar-refractivity contribution in [1.82, 2.24) is 10.3 Å². The Hall–Kier alpha value is -2.54. The summed E-state index contributed by atoms with van der Waals surface area (Å²) in [5, 5.41) is 3.33. The summed E-state index contributed by atoms with van der Waals surface area (Å²) in [6, 6.07) is 8.03. The zero-order valence-corrected chi connectivity index (χ0v) is 9.86. The Bertz CT molecular complexity index is 695. The van der Waals surface area contributed by atoms with Gasteiger partial charge < -0.3 is 10.3 Å². The van der Waals surface area contributed by atoms with Crippen LogP contribution in [0, 0.1) is 12.3 Å². The molecule has 0 saturated carbocycles. The zero-order chi connectivity index (χ0) is 13.1. The Morgan fingerprint density at radius 2 is 2.17 bits per heavy atom. The van der Waals surface area contributed by atoms with E-state index >= 15 is 0 Å². The van der Waals surface area contributed by atoms with E-state index in [0.29, 0.717) is 16.5 Å². The van der Waals surface area contributed by atoms with Gasteiger partial charge in [0.15, 0.2) is 0 Å². The average molecular weight is 240 g/mol. The van der Waals surface area contributed by atoms with Gasteiger partial charge in [-0.05, 0) is 13.0 Å². The van der Waals surface area contributed by atoms with Crippen molar-refractivity contribution in [1.29, 1.82) is 0 Å². The number of para-hydroxylation sites is 1. The van der Waals surface area contributed by atoms with E-state index < -0.39 is 0 Å². The number of carbonyl (C=O) groups excluding carboxylic acids is 1. The molecular formula is C14H12N2O2. The summed E-state index contributed by atoms with van der Waals surface area (Å²) in [6.45, 7) is 1.70. The van der Waals surface area contributed by atoms with Crippen LogP contribution in [0.4, 0.5) is 0 Å². The van der Waals surface area contributed by atoms with Crippen molar-refractivity contribution in [3.8, 4) is 12.3 Å². The molecule has 0 aliphatic heterocycles. The van der Waals surface area contributed by atoms with E-state index in [0.717, 1.165) is 0 Å². The summed E-state index contributed by atoms with van der Waals surface area (Å²) in [5.74, 6) is 2.07. The molecule has 1 amide bonds. The number of benzene rings is 1. The molecule has 1 unspecified atom stereocenters. The summed E-state index contributed by atoms with van der Waals surface area (Å²) >= 11 is 0. The second-order valence-electron chi connectivity index (χ2n) is 3.95. The van der Waals surface area contributed by atoms with Crippen LogP contribution in [0.5, 0.6) is 0 Å². The van der Waals surface area contributed by atoms with Crippen molar-refractivity contribution in [2.24, 2.45) is 0 Å². The highest BCUT2D eigenvalue weighted by Gasteiger charge is 2.12. The first-order valence-electron chi connectivity index (χ1n) is 5.51. The number of H-pyrrole nitrogens is 1. The Kier molecular flexibility index (Phi) is 3.16. The molecule has 0 radical (unpaired) electrons. The van der Waals surface area contributed by atoms with Crippen LogP contribution in [0.2, 0.25) is 0 Å². The molecule has 2 rings (SSSR count). The van der Waals surface area contributed by atoms with Gasteiger partial charge in [-0.2, -0.15) is 0 Å². The Morgan fingerprint density at radius 1 is 1.44 bits per heavy atom. The maximum Gasteiger partial charge on any atom is 0.253 e. The highest BCUT2D eigenvalue weighted by Crippen LogP contribution is 2.14. The number of amides is 1. The van der Waals surface area contributed by atoms with Crippen LogP contribution >= 0.6 is 0 Å². The van der Waals surface area contributed by atoms with Crippen LogP contribution in [0.1, 0.15) is 17.3 Å². The van der Waals surface area contributed by atoms with Crippen LogP contribution in [0.3, 0.4) is 0 Å². The maximum absolute atomic E-state index is 12.0. The number of rotatable bonds is 2. The van der Waals surface area contributed by atoms with Gasteiger partial charge in [-0.15, -0.1) is 6.42 Å². The molecule has 18 heavy (non-hydrogen) atoms. The molecule has 2 N–H and O–H groups in total. The highest BCUT2D eigenvalue weighted by molar-refractivity contribution is 6.06. The third kappa shape index (κ3) is 2.25.